The van der Waals surface area contributed by atoms with E-state index in [4.69, 9.17) is 10.5 Å². The second kappa shape index (κ2) is 4.86. The normalized spacial score (nSPS) is 26.6. The molecule has 25 heavy (non-hydrogen) atoms. The van der Waals surface area contributed by atoms with Gasteiger partial charge in [-0.1, -0.05) is 17.7 Å². The third kappa shape index (κ3) is 1.84. The van der Waals surface area contributed by atoms with Gasteiger partial charge in [0, 0.05) is 17.7 Å². The number of benzene rings is 1. The van der Waals surface area contributed by atoms with E-state index >= 15 is 0 Å². The Morgan fingerprint density at radius 1 is 1.40 bits per heavy atom. The Morgan fingerprint density at radius 3 is 2.88 bits per heavy atom. The third-order valence-corrected chi connectivity index (χ3v) is 6.84. The smallest absolute Gasteiger partial charge is 0.245 e. The number of anilines is 1. The molecule has 4 rings (SSSR count). The minimum Gasteiger partial charge on any atom is -0.444 e. The Kier molecular flexibility index (Phi) is 3.06. The number of hydrogen-bond acceptors (Lipinski definition) is 6. The van der Waals surface area contributed by atoms with Gasteiger partial charge in [-0.3, -0.25) is 4.79 Å². The number of ether oxygens (including phenoxy) is 1. The zero-order valence-electron chi connectivity index (χ0n) is 13.4. The lowest BCUT2D eigenvalue weighted by molar-refractivity contribution is -0.118. The van der Waals surface area contributed by atoms with Crippen molar-refractivity contribution in [2.75, 3.05) is 11.1 Å². The van der Waals surface area contributed by atoms with Crippen LogP contribution in [-0.2, 0) is 24.8 Å². The van der Waals surface area contributed by atoms with Gasteiger partial charge in [-0.2, -0.15) is 5.26 Å². The van der Waals surface area contributed by atoms with Crippen molar-refractivity contribution >= 4 is 21.4 Å². The Labute approximate surface area is 144 Å². The predicted octanol–water partition coefficient (Wildman–Crippen LogP) is 1.33. The first kappa shape index (κ1) is 15.7. The van der Waals surface area contributed by atoms with Crippen LogP contribution >= 0.6 is 0 Å². The Morgan fingerprint density at radius 2 is 2.16 bits per heavy atom. The summed E-state index contributed by atoms with van der Waals surface area (Å²) in [6.45, 7) is 1.83. The Hall–Kier alpha value is -2.79. The first-order valence-electron chi connectivity index (χ1n) is 7.79. The molecule has 3 heterocycles. The number of carbonyl (C=O) groups excluding carboxylic acids is 1. The van der Waals surface area contributed by atoms with Crippen molar-refractivity contribution in [1.82, 2.24) is 0 Å². The average Bonchev–Trinajstić information content (AvgIpc) is 2.80. The largest absolute Gasteiger partial charge is 0.444 e. The highest BCUT2D eigenvalue weighted by Crippen LogP contribution is 2.55. The molecule has 128 valence electrons. The second-order valence-electron chi connectivity index (χ2n) is 6.38. The van der Waals surface area contributed by atoms with Gasteiger partial charge in [0.25, 0.3) is 0 Å². The quantitative estimate of drug-likeness (QED) is 0.722. The summed E-state index contributed by atoms with van der Waals surface area (Å²) in [4.78, 5) is 12.9. The van der Waals surface area contributed by atoms with E-state index in [9.17, 15) is 18.5 Å². The van der Waals surface area contributed by atoms with Crippen molar-refractivity contribution in [3.05, 3.63) is 51.4 Å². The molecular weight excluding hydrogens is 342 g/mol. The molecule has 1 aromatic carbocycles. The molecule has 3 aliphatic rings. The molecule has 0 saturated heterocycles. The van der Waals surface area contributed by atoms with E-state index in [0.29, 0.717) is 24.1 Å². The second-order valence-corrected chi connectivity index (χ2v) is 8.43. The lowest BCUT2D eigenvalue weighted by Crippen LogP contribution is -2.47. The van der Waals surface area contributed by atoms with E-state index in [-0.39, 0.29) is 27.9 Å². The van der Waals surface area contributed by atoms with Crippen LogP contribution in [0.2, 0.25) is 0 Å². The summed E-state index contributed by atoms with van der Waals surface area (Å²) in [6, 6.07) is 7.15. The van der Waals surface area contributed by atoms with Crippen LogP contribution in [0.4, 0.5) is 5.69 Å². The molecule has 1 spiro atoms. The van der Waals surface area contributed by atoms with Crippen LogP contribution in [-0.4, -0.2) is 20.1 Å². The molecular formula is C17H15N3O4S. The number of fused-ring (bicyclic) bond motifs is 3. The van der Waals surface area contributed by atoms with Crippen LogP contribution < -0.4 is 11.1 Å². The summed E-state index contributed by atoms with van der Waals surface area (Å²) in [5.74, 6) is -0.742. The molecule has 1 amide bonds. The molecule has 3 aliphatic heterocycles. The molecule has 0 fully saturated rings. The number of allylic oxidation sites excluding steroid dienone is 1. The maximum atomic E-state index is 13.1. The highest BCUT2D eigenvalue weighted by atomic mass is 32.2. The van der Waals surface area contributed by atoms with Crippen molar-refractivity contribution in [2.45, 2.75) is 25.2 Å². The number of nitriles is 1. The van der Waals surface area contributed by atoms with Crippen LogP contribution in [0.3, 0.4) is 0 Å². The number of nitrogens with zero attached hydrogens (tertiary/aromatic N) is 1. The molecule has 8 heteroatoms. The Balaban J connectivity index is 2.18. The highest BCUT2D eigenvalue weighted by molar-refractivity contribution is 7.95. The first-order chi connectivity index (χ1) is 11.8. The first-order valence-corrected chi connectivity index (χ1v) is 9.44. The van der Waals surface area contributed by atoms with E-state index in [1.807, 2.05) is 13.0 Å². The van der Waals surface area contributed by atoms with E-state index < -0.39 is 21.2 Å². The van der Waals surface area contributed by atoms with E-state index in [1.165, 1.54) is 0 Å². The molecule has 3 N–H and O–H groups in total. The molecule has 0 bridgehead atoms. The zero-order valence-corrected chi connectivity index (χ0v) is 14.2. The molecule has 0 saturated carbocycles. The van der Waals surface area contributed by atoms with Gasteiger partial charge in [-0.05, 0) is 19.4 Å². The minimum absolute atomic E-state index is 0.0933. The average molecular weight is 357 g/mol. The van der Waals surface area contributed by atoms with Crippen LogP contribution in [0, 0.1) is 18.3 Å². The fourth-order valence-corrected chi connectivity index (χ4v) is 5.85. The standard InChI is InChI=1S/C17H15N3O4S/c1-9-4-5-12-10(7-9)17(16(21)20-12)11(8-18)15(19)24-13-3-2-6-25(22,23)14(13)17/h4-5,7H,2-3,6,19H2,1H3,(H,20,21). The molecule has 7 nitrogen and oxygen atoms in total. The van der Waals surface area contributed by atoms with Crippen LogP contribution in [0.1, 0.15) is 24.0 Å². The fourth-order valence-electron chi connectivity index (χ4n) is 3.86. The van der Waals surface area contributed by atoms with Gasteiger partial charge in [0.1, 0.15) is 22.3 Å². The molecule has 1 atom stereocenters. The maximum absolute atomic E-state index is 13.1. The number of nitrogens with two attached hydrogens (primary N) is 1. The van der Waals surface area contributed by atoms with Gasteiger partial charge in [0.2, 0.25) is 11.8 Å². The van der Waals surface area contributed by atoms with Crippen LogP contribution in [0.15, 0.2) is 40.3 Å². The highest BCUT2D eigenvalue weighted by Gasteiger charge is 2.61. The lowest BCUT2D eigenvalue weighted by atomic mass is 9.73. The van der Waals surface area contributed by atoms with Gasteiger partial charge < -0.3 is 15.8 Å². The van der Waals surface area contributed by atoms with Crippen molar-refractivity contribution in [2.24, 2.45) is 5.73 Å². The van der Waals surface area contributed by atoms with E-state index in [2.05, 4.69) is 5.32 Å². The lowest BCUT2D eigenvalue weighted by Gasteiger charge is -2.37. The number of amides is 1. The van der Waals surface area contributed by atoms with Gasteiger partial charge >= 0.3 is 0 Å². The number of hydrogen-bond donors (Lipinski definition) is 2. The number of nitrogens with one attached hydrogen (secondary N) is 1. The van der Waals surface area contributed by atoms with Crippen molar-refractivity contribution in [3.63, 3.8) is 0 Å². The number of carbonyl (C=O) groups is 1. The van der Waals surface area contributed by atoms with Gasteiger partial charge in [0.05, 0.1) is 5.75 Å². The van der Waals surface area contributed by atoms with Gasteiger partial charge in [-0.25, -0.2) is 8.42 Å². The van der Waals surface area contributed by atoms with E-state index in [0.717, 1.165) is 5.56 Å². The van der Waals surface area contributed by atoms with Crippen molar-refractivity contribution < 1.29 is 17.9 Å². The topological polar surface area (TPSA) is 122 Å². The summed E-state index contributed by atoms with van der Waals surface area (Å²) < 4.78 is 31.3. The van der Waals surface area contributed by atoms with Gasteiger partial charge in [-0.15, -0.1) is 0 Å². The van der Waals surface area contributed by atoms with Crippen LogP contribution in [0.5, 0.6) is 0 Å². The maximum Gasteiger partial charge on any atom is 0.245 e. The fraction of sp³-hybridized carbons (Fsp3) is 0.294. The predicted molar refractivity (Wildman–Crippen MR) is 89.4 cm³/mol. The molecule has 1 aromatic rings. The molecule has 0 radical (unpaired) electrons. The summed E-state index contributed by atoms with van der Waals surface area (Å²) in [5, 5.41) is 12.4. The molecule has 1 unspecified atom stereocenters. The minimum atomic E-state index is -3.78. The molecule has 0 aromatic heterocycles. The summed E-state index contributed by atoms with van der Waals surface area (Å²) >= 11 is 0. The van der Waals surface area contributed by atoms with Crippen LogP contribution in [0.25, 0.3) is 0 Å². The summed E-state index contributed by atoms with van der Waals surface area (Å²) in [5.41, 5.74) is 5.72. The summed E-state index contributed by atoms with van der Waals surface area (Å²) in [6.07, 6.45) is 0.735. The summed E-state index contributed by atoms with van der Waals surface area (Å²) in [7, 11) is -3.78. The number of sulfone groups is 1. The van der Waals surface area contributed by atoms with Crippen molar-refractivity contribution in [1.29, 1.82) is 5.26 Å². The Bertz CT molecular complexity index is 1050. The third-order valence-electron chi connectivity index (χ3n) is 4.86. The SMILES string of the molecule is Cc1ccc2c(c1)C1(C(=O)N2)C(C#N)=C(N)OC2=C1S(=O)(=O)CCC2. The molecule has 0 aliphatic carbocycles. The van der Waals surface area contributed by atoms with Gasteiger partial charge in [0.15, 0.2) is 15.3 Å². The zero-order chi connectivity index (χ0) is 18.0. The number of aryl methyl sites for hydroxylation is 1. The monoisotopic (exact) mass is 357 g/mol. The van der Waals surface area contributed by atoms with E-state index in [1.54, 1.807) is 18.2 Å². The number of rotatable bonds is 0. The van der Waals surface area contributed by atoms with Crippen molar-refractivity contribution in [3.8, 4) is 6.07 Å².